The maximum absolute atomic E-state index is 10.7. The van der Waals surface area contributed by atoms with Gasteiger partial charge in [-0.2, -0.15) is 0 Å². The number of hydrogen-bond donors (Lipinski definition) is 2. The fourth-order valence-electron chi connectivity index (χ4n) is 1.72. The zero-order chi connectivity index (χ0) is 12.1. The zero-order valence-electron chi connectivity index (χ0n) is 9.81. The number of benzene rings is 1. The molecular weight excluding hydrogens is 202 g/mol. The summed E-state index contributed by atoms with van der Waals surface area (Å²) >= 11 is 0. The van der Waals surface area contributed by atoms with Crippen LogP contribution in [0.3, 0.4) is 0 Å². The Balaban J connectivity index is 2.92. The number of rotatable bonds is 5. The molecule has 1 atom stereocenters. The first-order valence-electron chi connectivity index (χ1n) is 5.56. The second-order valence-electron chi connectivity index (χ2n) is 4.36. The van der Waals surface area contributed by atoms with E-state index in [1.54, 1.807) is 0 Å². The predicted octanol–water partition coefficient (Wildman–Crippen LogP) is 2.33. The molecular formula is C13H19NO2. The SMILES string of the molecule is CC(C)c1cccc(C(CN)CC(=O)O)c1. The van der Waals surface area contributed by atoms with Crippen LogP contribution in [-0.2, 0) is 4.79 Å². The topological polar surface area (TPSA) is 63.3 Å². The van der Waals surface area contributed by atoms with E-state index in [9.17, 15) is 4.79 Å². The molecule has 88 valence electrons. The van der Waals surface area contributed by atoms with Crippen molar-refractivity contribution in [1.82, 2.24) is 0 Å². The average molecular weight is 221 g/mol. The van der Waals surface area contributed by atoms with Crippen LogP contribution in [0, 0.1) is 0 Å². The van der Waals surface area contributed by atoms with E-state index in [1.807, 2.05) is 12.1 Å². The van der Waals surface area contributed by atoms with Crippen LogP contribution in [-0.4, -0.2) is 17.6 Å². The summed E-state index contributed by atoms with van der Waals surface area (Å²) in [6.45, 7) is 4.61. The van der Waals surface area contributed by atoms with Gasteiger partial charge in [0, 0.05) is 5.92 Å². The summed E-state index contributed by atoms with van der Waals surface area (Å²) in [6.07, 6.45) is 0.0953. The molecule has 0 aromatic heterocycles. The highest BCUT2D eigenvalue weighted by molar-refractivity contribution is 5.68. The van der Waals surface area contributed by atoms with Gasteiger partial charge in [-0.15, -0.1) is 0 Å². The van der Waals surface area contributed by atoms with E-state index in [1.165, 1.54) is 5.56 Å². The van der Waals surface area contributed by atoms with Crippen LogP contribution >= 0.6 is 0 Å². The molecule has 0 amide bonds. The summed E-state index contributed by atoms with van der Waals surface area (Å²) in [7, 11) is 0. The Hall–Kier alpha value is -1.35. The smallest absolute Gasteiger partial charge is 0.304 e. The summed E-state index contributed by atoms with van der Waals surface area (Å²) in [4.78, 5) is 10.7. The molecule has 1 unspecified atom stereocenters. The maximum Gasteiger partial charge on any atom is 0.304 e. The lowest BCUT2D eigenvalue weighted by Gasteiger charge is -2.15. The van der Waals surface area contributed by atoms with Gasteiger partial charge in [0.25, 0.3) is 0 Å². The molecule has 0 saturated heterocycles. The number of carboxylic acid groups (broad SMARTS) is 1. The van der Waals surface area contributed by atoms with Crippen molar-refractivity contribution in [1.29, 1.82) is 0 Å². The van der Waals surface area contributed by atoms with Gasteiger partial charge in [-0.25, -0.2) is 0 Å². The van der Waals surface area contributed by atoms with E-state index >= 15 is 0 Å². The van der Waals surface area contributed by atoms with E-state index in [0.717, 1.165) is 5.56 Å². The quantitative estimate of drug-likeness (QED) is 0.802. The van der Waals surface area contributed by atoms with Crippen LogP contribution in [0.25, 0.3) is 0 Å². The van der Waals surface area contributed by atoms with Crippen molar-refractivity contribution in [3.63, 3.8) is 0 Å². The third-order valence-electron chi connectivity index (χ3n) is 2.75. The average Bonchev–Trinajstić information content (AvgIpc) is 2.25. The summed E-state index contributed by atoms with van der Waals surface area (Å²) in [5.41, 5.74) is 7.86. The van der Waals surface area contributed by atoms with Crippen molar-refractivity contribution < 1.29 is 9.90 Å². The number of carbonyl (C=O) groups is 1. The van der Waals surface area contributed by atoms with E-state index in [-0.39, 0.29) is 12.3 Å². The fourth-order valence-corrected chi connectivity index (χ4v) is 1.72. The number of hydrogen-bond acceptors (Lipinski definition) is 2. The van der Waals surface area contributed by atoms with Gasteiger partial charge in [0.1, 0.15) is 0 Å². The first-order chi connectivity index (χ1) is 7.54. The molecule has 3 heteroatoms. The first kappa shape index (κ1) is 12.7. The third kappa shape index (κ3) is 3.35. The Morgan fingerprint density at radius 3 is 2.50 bits per heavy atom. The molecule has 3 N–H and O–H groups in total. The standard InChI is InChI=1S/C13H19NO2/c1-9(2)10-4-3-5-11(6-10)12(8-14)7-13(15)16/h3-6,9,12H,7-8,14H2,1-2H3,(H,15,16). The largest absolute Gasteiger partial charge is 0.481 e. The second kappa shape index (κ2) is 5.66. The Morgan fingerprint density at radius 2 is 2.00 bits per heavy atom. The van der Waals surface area contributed by atoms with Gasteiger partial charge in [0.05, 0.1) is 6.42 Å². The highest BCUT2D eigenvalue weighted by atomic mass is 16.4. The maximum atomic E-state index is 10.7. The lowest BCUT2D eigenvalue weighted by molar-refractivity contribution is -0.137. The van der Waals surface area contributed by atoms with Crippen molar-refractivity contribution in [2.75, 3.05) is 6.54 Å². The number of carboxylic acids is 1. The van der Waals surface area contributed by atoms with Gasteiger partial charge < -0.3 is 10.8 Å². The van der Waals surface area contributed by atoms with Crippen LogP contribution < -0.4 is 5.73 Å². The highest BCUT2D eigenvalue weighted by Crippen LogP contribution is 2.23. The second-order valence-corrected chi connectivity index (χ2v) is 4.36. The van der Waals surface area contributed by atoms with Crippen molar-refractivity contribution in [3.05, 3.63) is 35.4 Å². The Labute approximate surface area is 96.3 Å². The molecule has 0 spiro atoms. The zero-order valence-corrected chi connectivity index (χ0v) is 9.81. The van der Waals surface area contributed by atoms with Gasteiger partial charge in [0.2, 0.25) is 0 Å². The van der Waals surface area contributed by atoms with Crippen LogP contribution in [0.4, 0.5) is 0 Å². The van der Waals surface area contributed by atoms with Crippen LogP contribution in [0.15, 0.2) is 24.3 Å². The van der Waals surface area contributed by atoms with Crippen LogP contribution in [0.2, 0.25) is 0 Å². The van der Waals surface area contributed by atoms with E-state index < -0.39 is 5.97 Å². The Bertz CT molecular complexity index is 361. The molecule has 0 heterocycles. The summed E-state index contributed by atoms with van der Waals surface area (Å²) in [5.74, 6) is -0.440. The molecule has 0 aliphatic heterocycles. The van der Waals surface area contributed by atoms with E-state index in [0.29, 0.717) is 12.5 Å². The number of nitrogens with two attached hydrogens (primary N) is 1. The summed E-state index contributed by atoms with van der Waals surface area (Å²) in [5, 5.41) is 8.80. The monoisotopic (exact) mass is 221 g/mol. The van der Waals surface area contributed by atoms with Gasteiger partial charge >= 0.3 is 5.97 Å². The molecule has 1 aromatic carbocycles. The van der Waals surface area contributed by atoms with E-state index in [4.69, 9.17) is 10.8 Å². The number of aliphatic carboxylic acids is 1. The molecule has 0 fully saturated rings. The van der Waals surface area contributed by atoms with Crippen molar-refractivity contribution in [2.45, 2.75) is 32.1 Å². The third-order valence-corrected chi connectivity index (χ3v) is 2.75. The minimum atomic E-state index is -0.801. The molecule has 3 nitrogen and oxygen atoms in total. The predicted molar refractivity (Wildman–Crippen MR) is 64.6 cm³/mol. The van der Waals surface area contributed by atoms with Gasteiger partial charge in [-0.3, -0.25) is 4.79 Å². The van der Waals surface area contributed by atoms with Crippen LogP contribution in [0.5, 0.6) is 0 Å². The lowest BCUT2D eigenvalue weighted by atomic mass is 9.92. The van der Waals surface area contributed by atoms with Gasteiger partial charge in [0.15, 0.2) is 0 Å². The van der Waals surface area contributed by atoms with Crippen molar-refractivity contribution >= 4 is 5.97 Å². The first-order valence-corrected chi connectivity index (χ1v) is 5.56. The highest BCUT2D eigenvalue weighted by Gasteiger charge is 2.14. The molecule has 1 aromatic rings. The summed E-state index contributed by atoms with van der Waals surface area (Å²) in [6, 6.07) is 8.04. The van der Waals surface area contributed by atoms with E-state index in [2.05, 4.69) is 26.0 Å². The lowest BCUT2D eigenvalue weighted by Crippen LogP contribution is -2.16. The molecule has 0 aliphatic rings. The molecule has 0 saturated carbocycles. The Kier molecular flexibility index (Phi) is 4.50. The molecule has 0 radical (unpaired) electrons. The molecule has 0 bridgehead atoms. The minimum absolute atomic E-state index is 0.0869. The normalized spacial score (nSPS) is 12.8. The summed E-state index contributed by atoms with van der Waals surface area (Å²) < 4.78 is 0. The molecule has 1 rings (SSSR count). The van der Waals surface area contributed by atoms with Crippen molar-refractivity contribution in [2.24, 2.45) is 5.73 Å². The molecule has 16 heavy (non-hydrogen) atoms. The Morgan fingerprint density at radius 1 is 1.38 bits per heavy atom. The fraction of sp³-hybridized carbons (Fsp3) is 0.462. The minimum Gasteiger partial charge on any atom is -0.481 e. The van der Waals surface area contributed by atoms with Crippen LogP contribution in [0.1, 0.15) is 43.2 Å². The van der Waals surface area contributed by atoms with Gasteiger partial charge in [-0.1, -0.05) is 38.1 Å². The van der Waals surface area contributed by atoms with Gasteiger partial charge in [-0.05, 0) is 23.6 Å². The molecule has 0 aliphatic carbocycles. The van der Waals surface area contributed by atoms with Crippen molar-refractivity contribution in [3.8, 4) is 0 Å².